The van der Waals surface area contributed by atoms with E-state index in [0.29, 0.717) is 12.2 Å². The molecule has 0 aliphatic heterocycles. The van der Waals surface area contributed by atoms with Gasteiger partial charge in [-0.1, -0.05) is 6.92 Å². The van der Waals surface area contributed by atoms with Crippen molar-refractivity contribution in [2.24, 2.45) is 0 Å². The molecular weight excluding hydrogens is 249 g/mol. The second-order valence-corrected chi connectivity index (χ2v) is 4.28. The minimum absolute atomic E-state index is 0.00132. The fraction of sp³-hybridized carbons (Fsp3) is 0.462. The minimum Gasteiger partial charge on any atom is -0.396 e. The molecule has 0 aliphatic rings. The summed E-state index contributed by atoms with van der Waals surface area (Å²) >= 11 is 0. The Morgan fingerprint density at radius 1 is 1.47 bits per heavy atom. The second kappa shape index (κ2) is 7.70. The lowest BCUT2D eigenvalue weighted by Gasteiger charge is -2.19. The van der Waals surface area contributed by atoms with E-state index in [9.17, 15) is 9.18 Å². The van der Waals surface area contributed by atoms with E-state index in [2.05, 4.69) is 5.32 Å². The number of nitrogens with two attached hydrogens (primary N) is 1. The first kappa shape index (κ1) is 15.4. The number of nitrogens with one attached hydrogen (secondary N) is 1. The van der Waals surface area contributed by atoms with E-state index in [1.807, 2.05) is 11.8 Å². The number of rotatable bonds is 7. The van der Waals surface area contributed by atoms with Crippen molar-refractivity contribution in [3.8, 4) is 0 Å². The number of anilines is 2. The Hall–Kier alpha value is -1.66. The molecule has 0 saturated heterocycles. The fourth-order valence-electron chi connectivity index (χ4n) is 1.75. The van der Waals surface area contributed by atoms with Gasteiger partial charge in [-0.05, 0) is 31.2 Å². The summed E-state index contributed by atoms with van der Waals surface area (Å²) in [5, 5.41) is 11.5. The fourth-order valence-corrected chi connectivity index (χ4v) is 1.75. The lowest BCUT2D eigenvalue weighted by Crippen LogP contribution is -2.35. The third-order valence-corrected chi connectivity index (χ3v) is 2.60. The van der Waals surface area contributed by atoms with E-state index < -0.39 is 5.82 Å². The van der Waals surface area contributed by atoms with Crippen LogP contribution >= 0.6 is 0 Å². The third kappa shape index (κ3) is 5.23. The van der Waals surface area contributed by atoms with Crippen LogP contribution in [-0.4, -0.2) is 42.2 Å². The SMILES string of the molecule is CCCN(CCO)CC(=O)Nc1ccc(F)c(N)c1. The highest BCUT2D eigenvalue weighted by Crippen LogP contribution is 2.16. The molecule has 5 nitrogen and oxygen atoms in total. The summed E-state index contributed by atoms with van der Waals surface area (Å²) in [6, 6.07) is 4.05. The number of aliphatic hydroxyl groups excluding tert-OH is 1. The van der Waals surface area contributed by atoms with Gasteiger partial charge >= 0.3 is 0 Å². The van der Waals surface area contributed by atoms with E-state index in [1.54, 1.807) is 0 Å². The molecule has 106 valence electrons. The zero-order chi connectivity index (χ0) is 14.3. The van der Waals surface area contributed by atoms with Gasteiger partial charge in [0.2, 0.25) is 5.91 Å². The van der Waals surface area contributed by atoms with Gasteiger partial charge in [0.15, 0.2) is 0 Å². The standard InChI is InChI=1S/C13H20FN3O2/c1-2-5-17(6-7-18)9-13(19)16-10-3-4-11(14)12(15)8-10/h3-4,8,18H,2,5-7,9,15H2,1H3,(H,16,19). The number of nitrogen functional groups attached to an aromatic ring is 1. The number of hydrogen-bond donors (Lipinski definition) is 3. The molecule has 0 heterocycles. The van der Waals surface area contributed by atoms with Gasteiger partial charge in [-0.2, -0.15) is 0 Å². The molecule has 0 bridgehead atoms. The molecule has 0 saturated carbocycles. The van der Waals surface area contributed by atoms with Crippen molar-refractivity contribution in [1.82, 2.24) is 4.90 Å². The average Bonchev–Trinajstić information content (AvgIpc) is 2.34. The first-order valence-electron chi connectivity index (χ1n) is 6.25. The number of halogens is 1. The van der Waals surface area contributed by atoms with Gasteiger partial charge in [0, 0.05) is 12.2 Å². The van der Waals surface area contributed by atoms with Crippen LogP contribution in [0.3, 0.4) is 0 Å². The van der Waals surface area contributed by atoms with Crippen molar-refractivity contribution < 1.29 is 14.3 Å². The maximum Gasteiger partial charge on any atom is 0.238 e. The van der Waals surface area contributed by atoms with E-state index in [0.717, 1.165) is 13.0 Å². The molecule has 1 aromatic carbocycles. The van der Waals surface area contributed by atoms with Crippen LogP contribution in [0.2, 0.25) is 0 Å². The molecule has 19 heavy (non-hydrogen) atoms. The maximum absolute atomic E-state index is 13.0. The Balaban J connectivity index is 2.55. The predicted octanol–water partition coefficient (Wildman–Crippen LogP) is 1.05. The zero-order valence-corrected chi connectivity index (χ0v) is 11.0. The number of carbonyl (C=O) groups excluding carboxylic acids is 1. The van der Waals surface area contributed by atoms with E-state index in [4.69, 9.17) is 10.8 Å². The summed E-state index contributed by atoms with van der Waals surface area (Å²) < 4.78 is 13.0. The van der Waals surface area contributed by atoms with E-state index in [-0.39, 0.29) is 24.7 Å². The first-order valence-corrected chi connectivity index (χ1v) is 6.25. The third-order valence-electron chi connectivity index (χ3n) is 2.60. The zero-order valence-electron chi connectivity index (χ0n) is 11.0. The highest BCUT2D eigenvalue weighted by Gasteiger charge is 2.10. The second-order valence-electron chi connectivity index (χ2n) is 4.28. The van der Waals surface area contributed by atoms with Gasteiger partial charge in [-0.25, -0.2) is 4.39 Å². The monoisotopic (exact) mass is 269 g/mol. The van der Waals surface area contributed by atoms with Crippen molar-refractivity contribution >= 4 is 17.3 Å². The number of nitrogens with zero attached hydrogens (tertiary/aromatic N) is 1. The van der Waals surface area contributed by atoms with Gasteiger partial charge in [-0.3, -0.25) is 9.69 Å². The van der Waals surface area contributed by atoms with Gasteiger partial charge in [0.25, 0.3) is 0 Å². The number of benzene rings is 1. The Labute approximate surface area is 112 Å². The Bertz CT molecular complexity index is 420. The highest BCUT2D eigenvalue weighted by molar-refractivity contribution is 5.92. The summed E-state index contributed by atoms with van der Waals surface area (Å²) in [5.41, 5.74) is 5.88. The van der Waals surface area contributed by atoms with Crippen molar-refractivity contribution in [3.05, 3.63) is 24.0 Å². The van der Waals surface area contributed by atoms with Crippen molar-refractivity contribution in [2.75, 3.05) is 37.3 Å². The van der Waals surface area contributed by atoms with E-state index >= 15 is 0 Å². The molecule has 1 amide bonds. The summed E-state index contributed by atoms with van der Waals surface area (Å²) in [7, 11) is 0. The van der Waals surface area contributed by atoms with Crippen LogP contribution in [0, 0.1) is 5.82 Å². The molecule has 1 rings (SSSR count). The molecule has 0 atom stereocenters. The molecule has 0 unspecified atom stereocenters. The van der Waals surface area contributed by atoms with Crippen LogP contribution in [-0.2, 0) is 4.79 Å². The topological polar surface area (TPSA) is 78.6 Å². The number of aliphatic hydroxyl groups is 1. The van der Waals surface area contributed by atoms with Gasteiger partial charge < -0.3 is 16.2 Å². The van der Waals surface area contributed by atoms with Crippen LogP contribution in [0.5, 0.6) is 0 Å². The summed E-state index contributed by atoms with van der Waals surface area (Å²) in [6.07, 6.45) is 0.900. The largest absolute Gasteiger partial charge is 0.396 e. The van der Waals surface area contributed by atoms with Gasteiger partial charge in [0.1, 0.15) is 5.82 Å². The Morgan fingerprint density at radius 3 is 2.79 bits per heavy atom. The minimum atomic E-state index is -0.508. The van der Waals surface area contributed by atoms with Crippen LogP contribution < -0.4 is 11.1 Å². The molecule has 1 aromatic rings. The maximum atomic E-state index is 13.0. The molecule has 6 heteroatoms. The van der Waals surface area contributed by atoms with Crippen LogP contribution in [0.15, 0.2) is 18.2 Å². The molecular formula is C13H20FN3O2. The van der Waals surface area contributed by atoms with Gasteiger partial charge in [-0.15, -0.1) is 0 Å². The smallest absolute Gasteiger partial charge is 0.238 e. The molecule has 0 spiro atoms. The highest BCUT2D eigenvalue weighted by atomic mass is 19.1. The summed E-state index contributed by atoms with van der Waals surface area (Å²) in [6.45, 7) is 3.39. The Morgan fingerprint density at radius 2 is 2.21 bits per heavy atom. The van der Waals surface area contributed by atoms with Crippen molar-refractivity contribution in [3.63, 3.8) is 0 Å². The van der Waals surface area contributed by atoms with Crippen molar-refractivity contribution in [2.45, 2.75) is 13.3 Å². The molecule has 0 radical (unpaired) electrons. The molecule has 0 fully saturated rings. The van der Waals surface area contributed by atoms with Crippen LogP contribution in [0.4, 0.5) is 15.8 Å². The van der Waals surface area contributed by atoms with E-state index in [1.165, 1.54) is 18.2 Å². The lowest BCUT2D eigenvalue weighted by atomic mass is 10.2. The summed E-state index contributed by atoms with van der Waals surface area (Å²) in [5.74, 6) is -0.723. The molecule has 4 N–H and O–H groups in total. The number of carbonyl (C=O) groups is 1. The van der Waals surface area contributed by atoms with Crippen LogP contribution in [0.1, 0.15) is 13.3 Å². The predicted molar refractivity (Wildman–Crippen MR) is 73.3 cm³/mol. The normalized spacial score (nSPS) is 10.7. The lowest BCUT2D eigenvalue weighted by molar-refractivity contribution is -0.117. The number of hydrogen-bond acceptors (Lipinski definition) is 4. The Kier molecular flexibility index (Phi) is 6.24. The molecule has 0 aromatic heterocycles. The molecule has 0 aliphatic carbocycles. The first-order chi connectivity index (χ1) is 9.06. The number of amides is 1. The quantitative estimate of drug-likeness (QED) is 0.647. The van der Waals surface area contributed by atoms with Gasteiger partial charge in [0.05, 0.1) is 18.8 Å². The van der Waals surface area contributed by atoms with Crippen LogP contribution in [0.25, 0.3) is 0 Å². The summed E-state index contributed by atoms with van der Waals surface area (Å²) in [4.78, 5) is 13.6. The van der Waals surface area contributed by atoms with Crippen molar-refractivity contribution in [1.29, 1.82) is 0 Å². The average molecular weight is 269 g/mol.